The molecule has 100 valence electrons. The van der Waals surface area contributed by atoms with Crippen LogP contribution in [0, 0.1) is 5.92 Å². The predicted octanol–water partition coefficient (Wildman–Crippen LogP) is 0.768. The fraction of sp³-hybridized carbons (Fsp3) is 0.692. The zero-order valence-electron chi connectivity index (χ0n) is 11.2. The molecule has 0 saturated carbocycles. The summed E-state index contributed by atoms with van der Waals surface area (Å²) >= 11 is 0. The van der Waals surface area contributed by atoms with Crippen molar-refractivity contribution in [3.05, 3.63) is 18.2 Å². The number of hydrogen-bond acceptors (Lipinski definition) is 3. The molecule has 1 aromatic heterocycles. The molecule has 1 N–H and O–H groups in total. The van der Waals surface area contributed by atoms with Gasteiger partial charge in [-0.15, -0.1) is 0 Å². The number of carbonyl (C=O) groups excluding carboxylic acids is 1. The molecule has 0 aromatic carbocycles. The van der Waals surface area contributed by atoms with Gasteiger partial charge in [0, 0.05) is 32.9 Å². The van der Waals surface area contributed by atoms with E-state index < -0.39 is 0 Å². The van der Waals surface area contributed by atoms with Crippen LogP contribution in [0.5, 0.6) is 0 Å². The van der Waals surface area contributed by atoms with Crippen molar-refractivity contribution in [3.63, 3.8) is 0 Å². The van der Waals surface area contributed by atoms with E-state index in [-0.39, 0.29) is 5.91 Å². The summed E-state index contributed by atoms with van der Waals surface area (Å²) in [6.07, 6.45) is 6.65. The standard InChI is InChI=1S/C13H22N4O/c1-16-7-6-15-12(16)10-17(2)13(18)8-11-4-3-5-14-9-11/h6-7,11,14H,3-5,8-10H2,1-2H3. The van der Waals surface area contributed by atoms with Gasteiger partial charge in [-0.3, -0.25) is 4.79 Å². The molecule has 1 atom stereocenters. The van der Waals surface area contributed by atoms with Crippen molar-refractivity contribution >= 4 is 5.91 Å². The van der Waals surface area contributed by atoms with Crippen LogP contribution in [0.3, 0.4) is 0 Å². The van der Waals surface area contributed by atoms with Gasteiger partial charge in [-0.2, -0.15) is 0 Å². The Balaban J connectivity index is 1.83. The zero-order chi connectivity index (χ0) is 13.0. The van der Waals surface area contributed by atoms with Crippen molar-refractivity contribution in [2.75, 3.05) is 20.1 Å². The molecule has 1 fully saturated rings. The summed E-state index contributed by atoms with van der Waals surface area (Å²) in [6.45, 7) is 2.65. The van der Waals surface area contributed by atoms with E-state index >= 15 is 0 Å². The second-order valence-corrected chi connectivity index (χ2v) is 5.12. The fourth-order valence-corrected chi connectivity index (χ4v) is 2.35. The normalized spacial score (nSPS) is 19.8. The lowest BCUT2D eigenvalue weighted by atomic mass is 9.96. The molecular formula is C13H22N4O. The van der Waals surface area contributed by atoms with E-state index in [1.165, 1.54) is 6.42 Å². The molecule has 5 nitrogen and oxygen atoms in total. The van der Waals surface area contributed by atoms with E-state index in [9.17, 15) is 4.79 Å². The summed E-state index contributed by atoms with van der Waals surface area (Å²) < 4.78 is 1.95. The van der Waals surface area contributed by atoms with Gasteiger partial charge in [0.1, 0.15) is 5.82 Å². The van der Waals surface area contributed by atoms with Gasteiger partial charge in [0.25, 0.3) is 0 Å². The lowest BCUT2D eigenvalue weighted by Gasteiger charge is -2.24. The van der Waals surface area contributed by atoms with Crippen LogP contribution in [0.25, 0.3) is 0 Å². The molecule has 2 rings (SSSR count). The minimum atomic E-state index is 0.215. The van der Waals surface area contributed by atoms with Crippen molar-refractivity contribution in [2.45, 2.75) is 25.8 Å². The second kappa shape index (κ2) is 6.00. The summed E-state index contributed by atoms with van der Waals surface area (Å²) in [6, 6.07) is 0. The van der Waals surface area contributed by atoms with E-state index in [2.05, 4.69) is 10.3 Å². The SMILES string of the molecule is CN(Cc1nccn1C)C(=O)CC1CCCNC1. The topological polar surface area (TPSA) is 50.2 Å². The number of aryl methyl sites for hydroxylation is 1. The third-order valence-electron chi connectivity index (χ3n) is 3.59. The second-order valence-electron chi connectivity index (χ2n) is 5.12. The Bertz CT molecular complexity index is 395. The summed E-state index contributed by atoms with van der Waals surface area (Å²) in [5.41, 5.74) is 0. The molecule has 0 spiro atoms. The maximum Gasteiger partial charge on any atom is 0.223 e. The monoisotopic (exact) mass is 250 g/mol. The number of imidazole rings is 1. The van der Waals surface area contributed by atoms with Gasteiger partial charge < -0.3 is 14.8 Å². The first-order valence-corrected chi connectivity index (χ1v) is 6.57. The van der Waals surface area contributed by atoms with Crippen LogP contribution in [-0.2, 0) is 18.4 Å². The maximum atomic E-state index is 12.1. The quantitative estimate of drug-likeness (QED) is 0.858. The number of piperidine rings is 1. The molecule has 1 saturated heterocycles. The van der Waals surface area contributed by atoms with Gasteiger partial charge in [-0.1, -0.05) is 0 Å². The summed E-state index contributed by atoms with van der Waals surface area (Å²) in [4.78, 5) is 18.1. The molecule has 1 unspecified atom stereocenters. The largest absolute Gasteiger partial charge is 0.338 e. The highest BCUT2D eigenvalue weighted by Gasteiger charge is 2.19. The Morgan fingerprint density at radius 1 is 1.67 bits per heavy atom. The third-order valence-corrected chi connectivity index (χ3v) is 3.59. The average Bonchev–Trinajstić information content (AvgIpc) is 2.76. The van der Waals surface area contributed by atoms with Gasteiger partial charge in [-0.05, 0) is 31.8 Å². The highest BCUT2D eigenvalue weighted by Crippen LogP contribution is 2.15. The fourth-order valence-electron chi connectivity index (χ4n) is 2.35. The van der Waals surface area contributed by atoms with Crippen LogP contribution in [-0.4, -0.2) is 40.5 Å². The molecule has 18 heavy (non-hydrogen) atoms. The van der Waals surface area contributed by atoms with Crippen LogP contribution in [0.4, 0.5) is 0 Å². The van der Waals surface area contributed by atoms with E-state index in [0.29, 0.717) is 18.9 Å². The van der Waals surface area contributed by atoms with Crippen molar-refractivity contribution in [1.29, 1.82) is 0 Å². The van der Waals surface area contributed by atoms with Crippen LogP contribution >= 0.6 is 0 Å². The molecule has 5 heteroatoms. The van der Waals surface area contributed by atoms with E-state index in [1.807, 2.05) is 24.9 Å². The predicted molar refractivity (Wildman–Crippen MR) is 69.9 cm³/mol. The van der Waals surface area contributed by atoms with Crippen molar-refractivity contribution in [1.82, 2.24) is 19.8 Å². The Morgan fingerprint density at radius 3 is 3.11 bits per heavy atom. The number of nitrogens with zero attached hydrogens (tertiary/aromatic N) is 3. The molecule has 1 aliphatic rings. The average molecular weight is 250 g/mol. The first-order chi connectivity index (χ1) is 8.66. The summed E-state index contributed by atoms with van der Waals surface area (Å²) in [5, 5.41) is 3.35. The Kier molecular flexibility index (Phi) is 4.36. The minimum Gasteiger partial charge on any atom is -0.338 e. The third kappa shape index (κ3) is 3.32. The number of carbonyl (C=O) groups is 1. The highest BCUT2D eigenvalue weighted by atomic mass is 16.2. The van der Waals surface area contributed by atoms with Gasteiger partial charge in [-0.25, -0.2) is 4.98 Å². The van der Waals surface area contributed by atoms with Crippen molar-refractivity contribution in [2.24, 2.45) is 13.0 Å². The van der Waals surface area contributed by atoms with Crippen LogP contribution < -0.4 is 5.32 Å². The number of amides is 1. The first kappa shape index (κ1) is 13.1. The lowest BCUT2D eigenvalue weighted by Crippen LogP contribution is -2.35. The Morgan fingerprint density at radius 2 is 2.50 bits per heavy atom. The smallest absolute Gasteiger partial charge is 0.223 e. The molecule has 1 amide bonds. The molecule has 2 heterocycles. The Hall–Kier alpha value is -1.36. The molecule has 0 radical (unpaired) electrons. The summed E-state index contributed by atoms with van der Waals surface area (Å²) in [5.74, 6) is 1.63. The van der Waals surface area contributed by atoms with Crippen molar-refractivity contribution < 1.29 is 4.79 Å². The van der Waals surface area contributed by atoms with Crippen LogP contribution in [0.2, 0.25) is 0 Å². The van der Waals surface area contributed by atoms with E-state index in [0.717, 1.165) is 25.3 Å². The van der Waals surface area contributed by atoms with E-state index in [4.69, 9.17) is 0 Å². The van der Waals surface area contributed by atoms with Gasteiger partial charge in [0.15, 0.2) is 0 Å². The van der Waals surface area contributed by atoms with Crippen molar-refractivity contribution in [3.8, 4) is 0 Å². The Labute approximate surface area is 108 Å². The van der Waals surface area contributed by atoms with Gasteiger partial charge >= 0.3 is 0 Å². The lowest BCUT2D eigenvalue weighted by molar-refractivity contribution is -0.131. The van der Waals surface area contributed by atoms with Gasteiger partial charge in [0.2, 0.25) is 5.91 Å². The van der Waals surface area contributed by atoms with Gasteiger partial charge in [0.05, 0.1) is 6.54 Å². The number of nitrogens with one attached hydrogen (secondary N) is 1. The van der Waals surface area contributed by atoms with E-state index in [1.54, 1.807) is 11.1 Å². The molecule has 0 aliphatic carbocycles. The number of hydrogen-bond donors (Lipinski definition) is 1. The maximum absolute atomic E-state index is 12.1. The highest BCUT2D eigenvalue weighted by molar-refractivity contribution is 5.76. The number of rotatable bonds is 4. The molecule has 1 aliphatic heterocycles. The first-order valence-electron chi connectivity index (χ1n) is 6.57. The minimum absolute atomic E-state index is 0.215. The molecule has 1 aromatic rings. The number of aromatic nitrogens is 2. The molecular weight excluding hydrogens is 228 g/mol. The van der Waals surface area contributed by atoms with Crippen LogP contribution in [0.1, 0.15) is 25.1 Å². The van der Waals surface area contributed by atoms with Crippen LogP contribution in [0.15, 0.2) is 12.4 Å². The molecule has 0 bridgehead atoms. The summed E-state index contributed by atoms with van der Waals surface area (Å²) in [7, 11) is 3.80. The zero-order valence-corrected chi connectivity index (χ0v) is 11.2.